The topological polar surface area (TPSA) is 69.9 Å². The minimum absolute atomic E-state index is 0.162. The van der Waals surface area contributed by atoms with Crippen LogP contribution in [0.4, 0.5) is 0 Å². The van der Waals surface area contributed by atoms with E-state index in [-0.39, 0.29) is 5.69 Å². The van der Waals surface area contributed by atoms with Gasteiger partial charge in [-0.1, -0.05) is 5.92 Å². The summed E-state index contributed by atoms with van der Waals surface area (Å²) in [6.07, 6.45) is 3.51. The van der Waals surface area contributed by atoms with Gasteiger partial charge in [0.15, 0.2) is 5.69 Å². The van der Waals surface area contributed by atoms with Gasteiger partial charge in [0.2, 0.25) is 0 Å². The molecule has 90 valence electrons. The molecule has 0 atom stereocenters. The summed E-state index contributed by atoms with van der Waals surface area (Å²) in [5, 5.41) is 11.5. The molecule has 0 saturated heterocycles. The standard InChI is InChI=1S/C12H10N4O2/c1-18-12(17)11-6-5-10(14-15-11)4-2-8-16-9-3-7-13-16/h3,5-7,9H,8H2,1H3. The number of nitrogens with zero attached hydrogens (tertiary/aromatic N) is 4. The molecule has 0 radical (unpaired) electrons. The van der Waals surface area contributed by atoms with E-state index >= 15 is 0 Å². The quantitative estimate of drug-likeness (QED) is 0.567. The largest absolute Gasteiger partial charge is 0.464 e. The molecule has 2 rings (SSSR count). The van der Waals surface area contributed by atoms with Crippen LogP contribution in [0.3, 0.4) is 0 Å². The van der Waals surface area contributed by atoms with Gasteiger partial charge in [-0.3, -0.25) is 4.68 Å². The molecule has 0 bridgehead atoms. The van der Waals surface area contributed by atoms with Crippen LogP contribution in [0.5, 0.6) is 0 Å². The molecule has 0 N–H and O–H groups in total. The molecule has 0 aliphatic carbocycles. The second kappa shape index (κ2) is 5.59. The average Bonchev–Trinajstić information content (AvgIpc) is 2.92. The smallest absolute Gasteiger partial charge is 0.358 e. The highest BCUT2D eigenvalue weighted by Crippen LogP contribution is 1.97. The summed E-state index contributed by atoms with van der Waals surface area (Å²) in [5.74, 6) is 5.21. The summed E-state index contributed by atoms with van der Waals surface area (Å²) in [6.45, 7) is 0.480. The molecule has 2 aromatic rings. The lowest BCUT2D eigenvalue weighted by atomic mass is 10.3. The second-order valence-corrected chi connectivity index (χ2v) is 3.30. The highest BCUT2D eigenvalue weighted by atomic mass is 16.5. The van der Waals surface area contributed by atoms with E-state index in [1.807, 2.05) is 12.3 Å². The molecular weight excluding hydrogens is 232 g/mol. The molecule has 0 spiro atoms. The number of aromatic nitrogens is 4. The number of carbonyl (C=O) groups excluding carboxylic acids is 1. The third-order valence-electron chi connectivity index (χ3n) is 2.08. The van der Waals surface area contributed by atoms with Crippen molar-refractivity contribution in [2.24, 2.45) is 0 Å². The van der Waals surface area contributed by atoms with Crippen LogP contribution in [0.25, 0.3) is 0 Å². The maximum atomic E-state index is 11.1. The SMILES string of the molecule is COC(=O)c1ccc(C#CCn2cccn2)nn1. The predicted octanol–water partition coefficient (Wildman–Crippen LogP) is 0.511. The van der Waals surface area contributed by atoms with Crippen LogP contribution in [-0.4, -0.2) is 33.1 Å². The molecule has 0 aliphatic rings. The Hall–Kier alpha value is -2.68. The van der Waals surface area contributed by atoms with Crippen LogP contribution in [0.15, 0.2) is 30.6 Å². The maximum Gasteiger partial charge on any atom is 0.358 e. The lowest BCUT2D eigenvalue weighted by molar-refractivity contribution is 0.0592. The Morgan fingerprint density at radius 3 is 2.94 bits per heavy atom. The Labute approximate surface area is 104 Å². The number of methoxy groups -OCH3 is 1. The lowest BCUT2D eigenvalue weighted by Gasteiger charge is -1.96. The second-order valence-electron chi connectivity index (χ2n) is 3.30. The van der Waals surface area contributed by atoms with E-state index in [4.69, 9.17) is 0 Å². The molecular formula is C12H10N4O2. The van der Waals surface area contributed by atoms with Crippen LogP contribution in [0.2, 0.25) is 0 Å². The third kappa shape index (κ3) is 2.92. The van der Waals surface area contributed by atoms with Gasteiger partial charge in [-0.05, 0) is 24.1 Å². The first-order chi connectivity index (χ1) is 8.79. The van der Waals surface area contributed by atoms with E-state index in [2.05, 4.69) is 31.9 Å². The van der Waals surface area contributed by atoms with Crippen molar-refractivity contribution >= 4 is 5.97 Å². The highest BCUT2D eigenvalue weighted by Gasteiger charge is 2.06. The molecule has 18 heavy (non-hydrogen) atoms. The Bertz CT molecular complexity index is 579. The molecule has 6 heteroatoms. The number of carbonyl (C=O) groups is 1. The van der Waals surface area contributed by atoms with Crippen molar-refractivity contribution in [1.82, 2.24) is 20.0 Å². The van der Waals surface area contributed by atoms with E-state index in [9.17, 15) is 4.79 Å². The summed E-state index contributed by atoms with van der Waals surface area (Å²) < 4.78 is 6.21. The van der Waals surface area contributed by atoms with Crippen molar-refractivity contribution in [3.05, 3.63) is 42.0 Å². The first-order valence-electron chi connectivity index (χ1n) is 5.18. The van der Waals surface area contributed by atoms with Gasteiger partial charge in [-0.15, -0.1) is 10.2 Å². The fourth-order valence-electron chi connectivity index (χ4n) is 1.22. The Kier molecular flexibility index (Phi) is 3.66. The zero-order valence-corrected chi connectivity index (χ0v) is 9.70. The van der Waals surface area contributed by atoms with Crippen LogP contribution in [0, 0.1) is 11.8 Å². The minimum Gasteiger partial charge on any atom is -0.464 e. The number of esters is 1. The highest BCUT2D eigenvalue weighted by molar-refractivity contribution is 5.86. The van der Waals surface area contributed by atoms with Crippen molar-refractivity contribution in [3.8, 4) is 11.8 Å². The molecule has 2 heterocycles. The fourth-order valence-corrected chi connectivity index (χ4v) is 1.22. The Balaban J connectivity index is 2.02. The molecule has 0 aromatic carbocycles. The van der Waals surface area contributed by atoms with Gasteiger partial charge in [-0.2, -0.15) is 5.10 Å². The van der Waals surface area contributed by atoms with E-state index in [1.54, 1.807) is 16.9 Å². The van der Waals surface area contributed by atoms with Crippen molar-refractivity contribution < 1.29 is 9.53 Å². The Morgan fingerprint density at radius 1 is 1.44 bits per heavy atom. The molecule has 0 amide bonds. The molecule has 0 saturated carbocycles. The van der Waals surface area contributed by atoms with Crippen molar-refractivity contribution in [3.63, 3.8) is 0 Å². The van der Waals surface area contributed by atoms with Crippen molar-refractivity contribution in [1.29, 1.82) is 0 Å². The van der Waals surface area contributed by atoms with E-state index < -0.39 is 5.97 Å². The summed E-state index contributed by atoms with van der Waals surface area (Å²) in [6, 6.07) is 4.97. The molecule has 6 nitrogen and oxygen atoms in total. The summed E-state index contributed by atoms with van der Waals surface area (Å²) in [5.41, 5.74) is 0.657. The first kappa shape index (κ1) is 11.8. The van der Waals surface area contributed by atoms with Crippen molar-refractivity contribution in [2.45, 2.75) is 6.54 Å². The minimum atomic E-state index is -0.515. The van der Waals surface area contributed by atoms with Crippen molar-refractivity contribution in [2.75, 3.05) is 7.11 Å². The molecule has 0 unspecified atom stereocenters. The summed E-state index contributed by atoms with van der Waals surface area (Å²) in [7, 11) is 1.29. The van der Waals surface area contributed by atoms with Gasteiger partial charge in [0.25, 0.3) is 0 Å². The maximum absolute atomic E-state index is 11.1. The van der Waals surface area contributed by atoms with Crippen LogP contribution in [-0.2, 0) is 11.3 Å². The van der Waals surface area contributed by atoms with E-state index in [0.717, 1.165) is 0 Å². The van der Waals surface area contributed by atoms with Gasteiger partial charge < -0.3 is 4.74 Å². The van der Waals surface area contributed by atoms with Crippen LogP contribution < -0.4 is 0 Å². The van der Waals surface area contributed by atoms with Gasteiger partial charge in [0.1, 0.15) is 12.2 Å². The molecule has 0 fully saturated rings. The summed E-state index contributed by atoms with van der Waals surface area (Å²) in [4.78, 5) is 11.1. The number of hydrogen-bond acceptors (Lipinski definition) is 5. The number of hydrogen-bond donors (Lipinski definition) is 0. The predicted molar refractivity (Wildman–Crippen MR) is 62.5 cm³/mol. The van der Waals surface area contributed by atoms with Crippen LogP contribution in [0.1, 0.15) is 16.2 Å². The van der Waals surface area contributed by atoms with Gasteiger partial charge in [0.05, 0.1) is 7.11 Å². The number of rotatable bonds is 2. The average molecular weight is 242 g/mol. The van der Waals surface area contributed by atoms with Gasteiger partial charge >= 0.3 is 5.97 Å². The van der Waals surface area contributed by atoms with E-state index in [0.29, 0.717) is 12.2 Å². The third-order valence-corrected chi connectivity index (χ3v) is 2.08. The molecule has 0 aliphatic heterocycles. The van der Waals surface area contributed by atoms with Gasteiger partial charge in [0, 0.05) is 12.4 Å². The first-order valence-corrected chi connectivity index (χ1v) is 5.18. The molecule has 2 aromatic heterocycles. The lowest BCUT2D eigenvalue weighted by Crippen LogP contribution is -2.05. The monoisotopic (exact) mass is 242 g/mol. The summed E-state index contributed by atoms with van der Waals surface area (Å²) >= 11 is 0. The zero-order chi connectivity index (χ0) is 12.8. The van der Waals surface area contributed by atoms with Gasteiger partial charge in [-0.25, -0.2) is 4.79 Å². The normalized spacial score (nSPS) is 9.39. The van der Waals surface area contributed by atoms with Crippen LogP contribution >= 0.6 is 0 Å². The Morgan fingerprint density at radius 2 is 2.33 bits per heavy atom. The number of ether oxygens (including phenoxy) is 1. The zero-order valence-electron chi connectivity index (χ0n) is 9.70. The fraction of sp³-hybridized carbons (Fsp3) is 0.167. The van der Waals surface area contributed by atoms with E-state index in [1.165, 1.54) is 13.2 Å².